The SMILES string of the molecule is C/C=C/CCNS(=O)(=O)c1ccc(N)c([N+](=O)[O-])c1. The van der Waals surface area contributed by atoms with Gasteiger partial charge in [0.05, 0.1) is 9.82 Å². The summed E-state index contributed by atoms with van der Waals surface area (Å²) in [5.74, 6) is 0. The Bertz CT molecular complexity index is 596. The molecule has 0 unspecified atom stereocenters. The number of nitrogens with zero attached hydrogens (tertiary/aromatic N) is 1. The van der Waals surface area contributed by atoms with Crippen molar-refractivity contribution in [2.75, 3.05) is 12.3 Å². The number of rotatable bonds is 6. The Morgan fingerprint density at radius 1 is 1.47 bits per heavy atom. The van der Waals surface area contributed by atoms with Crippen LogP contribution in [0, 0.1) is 10.1 Å². The highest BCUT2D eigenvalue weighted by atomic mass is 32.2. The summed E-state index contributed by atoms with van der Waals surface area (Å²) in [6.45, 7) is 2.06. The van der Waals surface area contributed by atoms with Gasteiger partial charge in [-0.1, -0.05) is 12.2 Å². The number of sulfonamides is 1. The molecule has 3 N–H and O–H groups in total. The van der Waals surface area contributed by atoms with Gasteiger partial charge in [0.15, 0.2) is 0 Å². The van der Waals surface area contributed by atoms with E-state index in [1.54, 1.807) is 0 Å². The number of anilines is 1. The van der Waals surface area contributed by atoms with Crippen molar-refractivity contribution in [3.8, 4) is 0 Å². The molecule has 0 aromatic heterocycles. The minimum absolute atomic E-state index is 0.0714. The summed E-state index contributed by atoms with van der Waals surface area (Å²) in [7, 11) is -3.76. The molecule has 0 radical (unpaired) electrons. The van der Waals surface area contributed by atoms with Crippen LogP contribution in [0.2, 0.25) is 0 Å². The lowest BCUT2D eigenvalue weighted by atomic mass is 10.3. The lowest BCUT2D eigenvalue weighted by molar-refractivity contribution is -0.384. The molecule has 0 saturated carbocycles. The van der Waals surface area contributed by atoms with Crippen molar-refractivity contribution < 1.29 is 13.3 Å². The van der Waals surface area contributed by atoms with Gasteiger partial charge in [-0.3, -0.25) is 10.1 Å². The minimum Gasteiger partial charge on any atom is -0.393 e. The van der Waals surface area contributed by atoms with E-state index in [2.05, 4.69) is 4.72 Å². The van der Waals surface area contributed by atoms with Crippen LogP contribution < -0.4 is 10.5 Å². The topological polar surface area (TPSA) is 115 Å². The molecule has 0 amide bonds. The molecule has 0 spiro atoms. The monoisotopic (exact) mass is 285 g/mol. The molecule has 0 atom stereocenters. The molecule has 7 nitrogen and oxygen atoms in total. The third kappa shape index (κ3) is 4.04. The van der Waals surface area contributed by atoms with Gasteiger partial charge < -0.3 is 5.73 Å². The summed E-state index contributed by atoms with van der Waals surface area (Å²) in [5, 5.41) is 10.7. The van der Waals surface area contributed by atoms with Crippen molar-refractivity contribution in [1.82, 2.24) is 4.72 Å². The lowest BCUT2D eigenvalue weighted by Crippen LogP contribution is -2.24. The van der Waals surface area contributed by atoms with Crippen LogP contribution in [-0.2, 0) is 10.0 Å². The van der Waals surface area contributed by atoms with Gasteiger partial charge in [-0.25, -0.2) is 13.1 Å². The molecule has 0 bridgehead atoms. The van der Waals surface area contributed by atoms with Gasteiger partial charge in [0.2, 0.25) is 10.0 Å². The molecule has 19 heavy (non-hydrogen) atoms. The Hall–Kier alpha value is -1.93. The third-order valence-electron chi connectivity index (χ3n) is 2.35. The van der Waals surface area contributed by atoms with E-state index in [1.807, 2.05) is 19.1 Å². The molecule has 1 rings (SSSR count). The van der Waals surface area contributed by atoms with Crippen LogP contribution in [0.1, 0.15) is 13.3 Å². The van der Waals surface area contributed by atoms with Crippen molar-refractivity contribution in [1.29, 1.82) is 0 Å². The number of allylic oxidation sites excluding steroid dienone is 1. The zero-order chi connectivity index (χ0) is 14.5. The number of benzene rings is 1. The zero-order valence-electron chi connectivity index (χ0n) is 10.4. The summed E-state index contributed by atoms with van der Waals surface area (Å²) in [6, 6.07) is 3.40. The number of nitrogen functional groups attached to an aromatic ring is 1. The quantitative estimate of drug-likeness (QED) is 0.269. The molecule has 1 aromatic carbocycles. The van der Waals surface area contributed by atoms with Crippen molar-refractivity contribution in [2.24, 2.45) is 0 Å². The molecule has 0 saturated heterocycles. The summed E-state index contributed by atoms with van der Waals surface area (Å²) in [5.41, 5.74) is 4.92. The van der Waals surface area contributed by atoms with Gasteiger partial charge in [0.25, 0.3) is 5.69 Å². The molecular formula is C11H15N3O4S. The Morgan fingerprint density at radius 2 is 2.16 bits per heavy atom. The number of nitrogens with one attached hydrogen (secondary N) is 1. The fourth-order valence-electron chi connectivity index (χ4n) is 1.38. The zero-order valence-corrected chi connectivity index (χ0v) is 11.2. The predicted octanol–water partition coefficient (Wildman–Crippen LogP) is 1.42. The van der Waals surface area contributed by atoms with Crippen LogP contribution in [0.15, 0.2) is 35.2 Å². The van der Waals surface area contributed by atoms with Crippen LogP contribution >= 0.6 is 0 Å². The number of nitro benzene ring substituents is 1. The summed E-state index contributed by atoms with van der Waals surface area (Å²) in [4.78, 5) is 9.81. The van der Waals surface area contributed by atoms with E-state index < -0.39 is 20.6 Å². The van der Waals surface area contributed by atoms with E-state index in [0.717, 1.165) is 6.07 Å². The van der Waals surface area contributed by atoms with Gasteiger partial charge in [-0.15, -0.1) is 0 Å². The van der Waals surface area contributed by atoms with Gasteiger partial charge in [0.1, 0.15) is 5.69 Å². The van der Waals surface area contributed by atoms with Gasteiger partial charge in [-0.2, -0.15) is 0 Å². The highest BCUT2D eigenvalue weighted by Crippen LogP contribution is 2.24. The second-order valence-corrected chi connectivity index (χ2v) is 5.50. The second kappa shape index (κ2) is 6.30. The molecule has 0 aliphatic carbocycles. The highest BCUT2D eigenvalue weighted by molar-refractivity contribution is 7.89. The molecule has 0 aliphatic rings. The normalized spacial score (nSPS) is 11.8. The minimum atomic E-state index is -3.76. The molecule has 104 valence electrons. The van der Waals surface area contributed by atoms with E-state index in [0.29, 0.717) is 6.42 Å². The maximum absolute atomic E-state index is 11.9. The van der Waals surface area contributed by atoms with E-state index >= 15 is 0 Å². The summed E-state index contributed by atoms with van der Waals surface area (Å²) in [6.07, 6.45) is 4.17. The van der Waals surface area contributed by atoms with Gasteiger partial charge in [-0.05, 0) is 25.5 Å². The fraction of sp³-hybridized carbons (Fsp3) is 0.273. The van der Waals surface area contributed by atoms with Crippen molar-refractivity contribution in [3.05, 3.63) is 40.5 Å². The van der Waals surface area contributed by atoms with Gasteiger partial charge >= 0.3 is 0 Å². The molecule has 8 heteroatoms. The van der Waals surface area contributed by atoms with Crippen LogP contribution in [-0.4, -0.2) is 19.9 Å². The van der Waals surface area contributed by atoms with Crippen molar-refractivity contribution >= 4 is 21.4 Å². The number of nitrogens with two attached hydrogens (primary N) is 1. The summed E-state index contributed by atoms with van der Waals surface area (Å²) < 4.78 is 26.1. The van der Waals surface area contributed by atoms with E-state index in [1.165, 1.54) is 12.1 Å². The van der Waals surface area contributed by atoms with Crippen LogP contribution in [0.5, 0.6) is 0 Å². The standard InChI is InChI=1S/C11H15N3O4S/c1-2-3-4-7-13-19(17,18)9-5-6-10(12)11(8-9)14(15)16/h2-3,5-6,8,13H,4,7,12H2,1H3/b3-2+. The fourth-order valence-corrected chi connectivity index (χ4v) is 2.44. The van der Waals surface area contributed by atoms with E-state index in [9.17, 15) is 18.5 Å². The smallest absolute Gasteiger partial charge is 0.293 e. The van der Waals surface area contributed by atoms with Crippen molar-refractivity contribution in [2.45, 2.75) is 18.2 Å². The van der Waals surface area contributed by atoms with Crippen LogP contribution in [0.25, 0.3) is 0 Å². The number of nitro groups is 1. The summed E-state index contributed by atoms with van der Waals surface area (Å²) >= 11 is 0. The second-order valence-electron chi connectivity index (χ2n) is 3.73. The Balaban J connectivity index is 2.95. The molecule has 0 aliphatic heterocycles. The first-order chi connectivity index (χ1) is 8.88. The number of hydrogen-bond acceptors (Lipinski definition) is 5. The lowest BCUT2D eigenvalue weighted by Gasteiger charge is -2.06. The average molecular weight is 285 g/mol. The maximum Gasteiger partial charge on any atom is 0.293 e. The predicted molar refractivity (Wildman–Crippen MR) is 72.1 cm³/mol. The van der Waals surface area contributed by atoms with Gasteiger partial charge in [0, 0.05) is 12.6 Å². The van der Waals surface area contributed by atoms with Crippen LogP contribution in [0.3, 0.4) is 0 Å². The average Bonchev–Trinajstić information content (AvgIpc) is 2.34. The highest BCUT2D eigenvalue weighted by Gasteiger charge is 2.19. The van der Waals surface area contributed by atoms with Crippen molar-refractivity contribution in [3.63, 3.8) is 0 Å². The molecular weight excluding hydrogens is 270 g/mol. The van der Waals surface area contributed by atoms with E-state index in [4.69, 9.17) is 5.73 Å². The molecule has 1 aromatic rings. The number of hydrogen-bond donors (Lipinski definition) is 2. The van der Waals surface area contributed by atoms with E-state index in [-0.39, 0.29) is 17.1 Å². The largest absolute Gasteiger partial charge is 0.393 e. The Morgan fingerprint density at radius 3 is 2.74 bits per heavy atom. The Labute approximate surface area is 111 Å². The molecule has 0 heterocycles. The third-order valence-corrected chi connectivity index (χ3v) is 3.81. The maximum atomic E-state index is 11.9. The first-order valence-corrected chi connectivity index (χ1v) is 7.01. The molecule has 0 fully saturated rings. The first-order valence-electron chi connectivity index (χ1n) is 5.53. The van der Waals surface area contributed by atoms with Crippen LogP contribution in [0.4, 0.5) is 11.4 Å². The Kier molecular flexibility index (Phi) is 5.02. The first kappa shape index (κ1) is 15.1.